The molecule has 0 aromatic heterocycles. The topological polar surface area (TPSA) is 23.5 Å². The molecule has 0 spiro atoms. The summed E-state index contributed by atoms with van der Waals surface area (Å²) in [6.07, 6.45) is 0.682. The first-order chi connectivity index (χ1) is 7.94. The lowest BCUT2D eigenvalue weighted by Crippen LogP contribution is -2.41. The Morgan fingerprint density at radius 2 is 1.88 bits per heavy atom. The summed E-state index contributed by atoms with van der Waals surface area (Å²) < 4.78 is 27.8. The van der Waals surface area contributed by atoms with Crippen LogP contribution in [0, 0.1) is 11.6 Å². The van der Waals surface area contributed by atoms with Crippen molar-refractivity contribution in [2.24, 2.45) is 0 Å². The number of hydrogen-bond donors (Lipinski definition) is 1. The zero-order valence-corrected chi connectivity index (χ0v) is 11.1. The fourth-order valence-corrected chi connectivity index (χ4v) is 2.52. The standard InChI is InChI=1S/C12H14BrF2NO/c1-16-6-4-12(17,5-7-16)10-9(14)3-2-8(13)11(10)15/h2-3,17H,4-7H2,1H3. The van der Waals surface area contributed by atoms with Gasteiger partial charge in [-0.15, -0.1) is 0 Å². The Balaban J connectivity index is 2.43. The maximum Gasteiger partial charge on any atom is 0.146 e. The van der Waals surface area contributed by atoms with Crippen molar-refractivity contribution in [1.29, 1.82) is 0 Å². The highest BCUT2D eigenvalue weighted by Gasteiger charge is 2.38. The highest BCUT2D eigenvalue weighted by molar-refractivity contribution is 9.10. The summed E-state index contributed by atoms with van der Waals surface area (Å²) >= 11 is 3.02. The Labute approximate surface area is 107 Å². The van der Waals surface area contributed by atoms with Crippen LogP contribution in [0.5, 0.6) is 0 Å². The third-order valence-electron chi connectivity index (χ3n) is 3.32. The van der Waals surface area contributed by atoms with E-state index in [-0.39, 0.29) is 10.0 Å². The van der Waals surface area contributed by atoms with Crippen LogP contribution in [0.4, 0.5) is 8.78 Å². The Hall–Kier alpha value is -0.520. The molecule has 0 saturated carbocycles. The molecule has 1 saturated heterocycles. The first-order valence-corrected chi connectivity index (χ1v) is 6.28. The average Bonchev–Trinajstić information content (AvgIpc) is 2.29. The van der Waals surface area contributed by atoms with Crippen LogP contribution in [-0.4, -0.2) is 30.1 Å². The molecule has 17 heavy (non-hydrogen) atoms. The fourth-order valence-electron chi connectivity index (χ4n) is 2.19. The predicted octanol–water partition coefficient (Wildman–Crippen LogP) is 2.64. The second kappa shape index (κ2) is 4.63. The van der Waals surface area contributed by atoms with Gasteiger partial charge >= 0.3 is 0 Å². The monoisotopic (exact) mass is 305 g/mol. The van der Waals surface area contributed by atoms with Crippen LogP contribution in [0.25, 0.3) is 0 Å². The zero-order chi connectivity index (χ0) is 12.6. The molecule has 1 aromatic rings. The Morgan fingerprint density at radius 1 is 1.29 bits per heavy atom. The third-order valence-corrected chi connectivity index (χ3v) is 3.94. The van der Waals surface area contributed by atoms with E-state index in [0.29, 0.717) is 25.9 Å². The van der Waals surface area contributed by atoms with Crippen molar-refractivity contribution < 1.29 is 13.9 Å². The molecule has 1 aromatic carbocycles. The highest BCUT2D eigenvalue weighted by Crippen LogP contribution is 2.37. The van der Waals surface area contributed by atoms with Gasteiger partial charge in [-0.1, -0.05) is 0 Å². The van der Waals surface area contributed by atoms with Crippen LogP contribution in [0.3, 0.4) is 0 Å². The van der Waals surface area contributed by atoms with Crippen molar-refractivity contribution in [3.63, 3.8) is 0 Å². The number of rotatable bonds is 1. The van der Waals surface area contributed by atoms with Crippen LogP contribution >= 0.6 is 15.9 Å². The normalized spacial score (nSPS) is 20.5. The van der Waals surface area contributed by atoms with Gasteiger partial charge in [-0.3, -0.25) is 0 Å². The maximum absolute atomic E-state index is 13.9. The van der Waals surface area contributed by atoms with Gasteiger partial charge in [-0.25, -0.2) is 8.78 Å². The van der Waals surface area contributed by atoms with E-state index in [4.69, 9.17) is 0 Å². The number of hydrogen-bond acceptors (Lipinski definition) is 2. The molecule has 94 valence electrons. The van der Waals surface area contributed by atoms with E-state index in [1.807, 2.05) is 11.9 Å². The number of halogens is 3. The number of benzene rings is 1. The van der Waals surface area contributed by atoms with E-state index < -0.39 is 17.2 Å². The second-order valence-corrected chi connectivity index (χ2v) is 5.41. The highest BCUT2D eigenvalue weighted by atomic mass is 79.9. The van der Waals surface area contributed by atoms with E-state index in [0.717, 1.165) is 0 Å². The van der Waals surface area contributed by atoms with Crippen molar-refractivity contribution in [3.05, 3.63) is 33.8 Å². The summed E-state index contributed by atoms with van der Waals surface area (Å²) in [7, 11) is 1.92. The van der Waals surface area contributed by atoms with E-state index in [9.17, 15) is 13.9 Å². The van der Waals surface area contributed by atoms with Gasteiger partial charge in [0.2, 0.25) is 0 Å². The molecule has 0 radical (unpaired) electrons. The van der Waals surface area contributed by atoms with Gasteiger partial charge in [0, 0.05) is 13.1 Å². The van der Waals surface area contributed by atoms with E-state index in [1.54, 1.807) is 0 Å². The SMILES string of the molecule is CN1CCC(O)(c2c(F)ccc(Br)c2F)CC1. The predicted molar refractivity (Wildman–Crippen MR) is 64.7 cm³/mol. The first kappa shape index (κ1) is 12.9. The van der Waals surface area contributed by atoms with Gasteiger partial charge in [0.1, 0.15) is 11.6 Å². The van der Waals surface area contributed by atoms with Crippen molar-refractivity contribution in [2.75, 3.05) is 20.1 Å². The molecule has 1 aliphatic heterocycles. The molecule has 1 aliphatic rings. The molecule has 2 rings (SSSR count). The van der Waals surface area contributed by atoms with Crippen LogP contribution in [0.15, 0.2) is 16.6 Å². The zero-order valence-electron chi connectivity index (χ0n) is 9.51. The Kier molecular flexibility index (Phi) is 3.52. The maximum atomic E-state index is 13.9. The van der Waals surface area contributed by atoms with Crippen LogP contribution in [0.1, 0.15) is 18.4 Å². The summed E-state index contributed by atoms with van der Waals surface area (Å²) in [5.41, 5.74) is -1.61. The largest absolute Gasteiger partial charge is 0.385 e. The van der Waals surface area contributed by atoms with Gasteiger partial charge in [0.05, 0.1) is 15.6 Å². The van der Waals surface area contributed by atoms with Crippen LogP contribution in [0.2, 0.25) is 0 Å². The van der Waals surface area contributed by atoms with Crippen molar-refractivity contribution >= 4 is 15.9 Å². The van der Waals surface area contributed by atoms with Gasteiger partial charge in [0.25, 0.3) is 0 Å². The molecule has 1 fully saturated rings. The first-order valence-electron chi connectivity index (χ1n) is 5.49. The molecule has 5 heteroatoms. The van der Waals surface area contributed by atoms with Crippen molar-refractivity contribution in [3.8, 4) is 0 Å². The fraction of sp³-hybridized carbons (Fsp3) is 0.500. The number of aliphatic hydroxyl groups is 1. The van der Waals surface area contributed by atoms with E-state index in [1.165, 1.54) is 12.1 Å². The summed E-state index contributed by atoms with van der Waals surface area (Å²) in [6.45, 7) is 1.25. The molecule has 0 atom stereocenters. The molecule has 2 nitrogen and oxygen atoms in total. The molecular formula is C12H14BrF2NO. The van der Waals surface area contributed by atoms with Crippen molar-refractivity contribution in [2.45, 2.75) is 18.4 Å². The van der Waals surface area contributed by atoms with E-state index >= 15 is 0 Å². The summed E-state index contributed by atoms with van der Waals surface area (Å²) in [4.78, 5) is 2.03. The molecule has 1 heterocycles. The van der Waals surface area contributed by atoms with E-state index in [2.05, 4.69) is 15.9 Å². The smallest absolute Gasteiger partial charge is 0.146 e. The second-order valence-electron chi connectivity index (χ2n) is 4.55. The lowest BCUT2D eigenvalue weighted by atomic mass is 9.84. The minimum absolute atomic E-state index is 0.182. The Morgan fingerprint density at radius 3 is 2.47 bits per heavy atom. The quantitative estimate of drug-likeness (QED) is 0.806. The summed E-state index contributed by atoms with van der Waals surface area (Å²) in [5.74, 6) is -1.38. The van der Waals surface area contributed by atoms with Gasteiger partial charge in [0.15, 0.2) is 0 Å². The number of likely N-dealkylation sites (tertiary alicyclic amines) is 1. The number of nitrogens with zero attached hydrogens (tertiary/aromatic N) is 1. The van der Waals surface area contributed by atoms with Crippen LogP contribution < -0.4 is 0 Å². The van der Waals surface area contributed by atoms with Crippen LogP contribution in [-0.2, 0) is 5.60 Å². The molecule has 0 unspecified atom stereocenters. The van der Waals surface area contributed by atoms with Gasteiger partial charge < -0.3 is 10.0 Å². The summed E-state index contributed by atoms with van der Waals surface area (Å²) in [5, 5.41) is 10.4. The minimum Gasteiger partial charge on any atom is -0.385 e. The molecule has 1 N–H and O–H groups in total. The average molecular weight is 306 g/mol. The molecule has 0 bridgehead atoms. The number of piperidine rings is 1. The lowest BCUT2D eigenvalue weighted by Gasteiger charge is -2.37. The molecule has 0 amide bonds. The van der Waals surface area contributed by atoms with Gasteiger partial charge in [-0.2, -0.15) is 0 Å². The van der Waals surface area contributed by atoms with Crippen molar-refractivity contribution in [1.82, 2.24) is 4.90 Å². The Bertz CT molecular complexity index is 431. The minimum atomic E-state index is -1.40. The molecule has 0 aliphatic carbocycles. The van der Waals surface area contributed by atoms with Gasteiger partial charge in [-0.05, 0) is 48.0 Å². The third kappa shape index (κ3) is 2.37. The molecular weight excluding hydrogens is 292 g/mol. The lowest BCUT2D eigenvalue weighted by molar-refractivity contribution is -0.0259. The summed E-state index contributed by atoms with van der Waals surface area (Å²) in [6, 6.07) is 2.49.